The summed E-state index contributed by atoms with van der Waals surface area (Å²) in [5.41, 5.74) is 3.37. The monoisotopic (exact) mass is 236 g/mol. The van der Waals surface area contributed by atoms with E-state index in [9.17, 15) is 14.5 Å². The van der Waals surface area contributed by atoms with Crippen LogP contribution in [0.3, 0.4) is 0 Å². The van der Waals surface area contributed by atoms with Crippen molar-refractivity contribution in [3.8, 4) is 0 Å². The average Bonchev–Trinajstić information content (AvgIpc) is 2.77. The van der Waals surface area contributed by atoms with E-state index < -0.39 is 16.9 Å². The molecule has 88 valence electrons. The number of rotatable bonds is 3. The zero-order valence-electron chi connectivity index (χ0n) is 8.54. The molecular weight excluding hydrogens is 228 g/mol. The smallest absolute Gasteiger partial charge is 0.330 e. The Morgan fingerprint density at radius 1 is 1.47 bits per heavy atom. The van der Waals surface area contributed by atoms with Crippen LogP contribution in [0.15, 0.2) is 37.6 Å². The van der Waals surface area contributed by atoms with E-state index in [1.807, 2.05) is 4.98 Å². The number of nitrogens with zero attached hydrogens (tertiary/aromatic N) is 2. The van der Waals surface area contributed by atoms with Crippen molar-refractivity contribution < 1.29 is 4.42 Å². The molecular formula is C9H8N4O4. The molecule has 0 saturated carbocycles. The van der Waals surface area contributed by atoms with Crippen LogP contribution in [0.4, 0.5) is 11.5 Å². The summed E-state index contributed by atoms with van der Waals surface area (Å²) >= 11 is 0. The number of hydrogen-bond acceptors (Lipinski definition) is 6. The largest absolute Gasteiger partial charge is 0.467 e. The molecule has 0 aliphatic carbocycles. The second-order valence-corrected chi connectivity index (χ2v) is 3.25. The summed E-state index contributed by atoms with van der Waals surface area (Å²) in [4.78, 5) is 35.1. The molecule has 0 fully saturated rings. The maximum absolute atomic E-state index is 11.5. The highest BCUT2D eigenvalue weighted by atomic mass is 16.3. The highest BCUT2D eigenvalue weighted by Crippen LogP contribution is 2.14. The van der Waals surface area contributed by atoms with Gasteiger partial charge in [0.2, 0.25) is 5.69 Å². The third-order valence-electron chi connectivity index (χ3n) is 2.20. The minimum Gasteiger partial charge on any atom is -0.467 e. The quantitative estimate of drug-likeness (QED) is 0.734. The van der Waals surface area contributed by atoms with Crippen LogP contribution in [0.1, 0.15) is 5.76 Å². The van der Waals surface area contributed by atoms with E-state index in [1.165, 1.54) is 6.26 Å². The summed E-state index contributed by atoms with van der Waals surface area (Å²) in [6.45, 7) is 0.0109. The Morgan fingerprint density at radius 2 is 2.24 bits per heavy atom. The van der Waals surface area contributed by atoms with E-state index in [2.05, 4.69) is 5.18 Å². The fraction of sp³-hybridized carbons (Fsp3) is 0.111. The van der Waals surface area contributed by atoms with Gasteiger partial charge in [-0.05, 0) is 17.3 Å². The Morgan fingerprint density at radius 3 is 2.82 bits per heavy atom. The number of aromatic amines is 1. The van der Waals surface area contributed by atoms with Gasteiger partial charge < -0.3 is 10.2 Å². The lowest BCUT2D eigenvalue weighted by atomic mass is 10.4. The van der Waals surface area contributed by atoms with Gasteiger partial charge in [-0.2, -0.15) is 0 Å². The van der Waals surface area contributed by atoms with Crippen LogP contribution in [0.5, 0.6) is 0 Å². The molecule has 0 aromatic carbocycles. The van der Waals surface area contributed by atoms with Gasteiger partial charge in [0.05, 0.1) is 12.8 Å². The molecule has 17 heavy (non-hydrogen) atoms. The van der Waals surface area contributed by atoms with E-state index in [4.69, 9.17) is 10.2 Å². The Labute approximate surface area is 93.7 Å². The fourth-order valence-electron chi connectivity index (χ4n) is 1.38. The number of anilines is 1. The second kappa shape index (κ2) is 4.08. The van der Waals surface area contributed by atoms with Crippen molar-refractivity contribution >= 4 is 11.5 Å². The van der Waals surface area contributed by atoms with Crippen molar-refractivity contribution in [1.82, 2.24) is 9.55 Å². The molecule has 0 spiro atoms. The number of aromatic nitrogens is 2. The molecule has 2 heterocycles. The molecule has 2 aromatic heterocycles. The first-order valence-corrected chi connectivity index (χ1v) is 4.62. The third-order valence-corrected chi connectivity index (χ3v) is 2.20. The highest BCUT2D eigenvalue weighted by molar-refractivity contribution is 5.55. The molecule has 0 aliphatic heterocycles. The number of nitrogen functional groups attached to an aromatic ring is 1. The molecule has 8 heteroatoms. The van der Waals surface area contributed by atoms with Crippen LogP contribution in [-0.4, -0.2) is 9.55 Å². The fourth-order valence-corrected chi connectivity index (χ4v) is 1.38. The van der Waals surface area contributed by atoms with E-state index in [-0.39, 0.29) is 12.4 Å². The van der Waals surface area contributed by atoms with Gasteiger partial charge in [-0.15, -0.1) is 4.91 Å². The predicted molar refractivity (Wildman–Crippen MR) is 59.0 cm³/mol. The minimum absolute atomic E-state index is 0.0109. The summed E-state index contributed by atoms with van der Waals surface area (Å²) in [6, 6.07) is 3.27. The number of hydrogen-bond donors (Lipinski definition) is 2. The van der Waals surface area contributed by atoms with Crippen LogP contribution >= 0.6 is 0 Å². The van der Waals surface area contributed by atoms with E-state index in [0.717, 1.165) is 4.57 Å². The summed E-state index contributed by atoms with van der Waals surface area (Å²) in [7, 11) is 0. The van der Waals surface area contributed by atoms with E-state index >= 15 is 0 Å². The van der Waals surface area contributed by atoms with Crippen LogP contribution in [0.25, 0.3) is 0 Å². The molecule has 2 aromatic rings. The van der Waals surface area contributed by atoms with Gasteiger partial charge in [0.15, 0.2) is 0 Å². The molecule has 0 saturated heterocycles. The van der Waals surface area contributed by atoms with Crippen LogP contribution < -0.4 is 17.0 Å². The van der Waals surface area contributed by atoms with Crippen LogP contribution in [0.2, 0.25) is 0 Å². The van der Waals surface area contributed by atoms with Crippen molar-refractivity contribution in [1.29, 1.82) is 0 Å². The maximum Gasteiger partial charge on any atom is 0.330 e. The lowest BCUT2D eigenvalue weighted by Crippen LogP contribution is -2.32. The first kappa shape index (κ1) is 10.9. The van der Waals surface area contributed by atoms with Crippen LogP contribution in [0, 0.1) is 4.91 Å². The molecule has 0 unspecified atom stereocenters. The minimum atomic E-state index is -0.904. The normalized spacial score (nSPS) is 10.4. The zero-order chi connectivity index (χ0) is 12.4. The zero-order valence-corrected chi connectivity index (χ0v) is 8.54. The van der Waals surface area contributed by atoms with Crippen LogP contribution in [-0.2, 0) is 6.54 Å². The number of nitrogens with one attached hydrogen (secondary N) is 1. The van der Waals surface area contributed by atoms with Crippen molar-refractivity contribution in [3.63, 3.8) is 0 Å². The topological polar surface area (TPSA) is 123 Å². The standard InChI is InChI=1S/C9H8N4O4/c10-7-6(12-16)8(14)11-9(15)13(7)4-5-2-1-3-17-5/h1-3H,4,10H2,(H,11,14,15). The Balaban J connectivity index is 2.58. The van der Waals surface area contributed by atoms with Gasteiger partial charge in [0, 0.05) is 0 Å². The second-order valence-electron chi connectivity index (χ2n) is 3.25. The van der Waals surface area contributed by atoms with Crippen molar-refractivity contribution in [3.05, 3.63) is 49.9 Å². The summed E-state index contributed by atoms with van der Waals surface area (Å²) in [6.07, 6.45) is 1.43. The average molecular weight is 236 g/mol. The molecule has 0 bridgehead atoms. The Hall–Kier alpha value is -2.64. The first-order valence-electron chi connectivity index (χ1n) is 4.62. The van der Waals surface area contributed by atoms with Gasteiger partial charge in [0.25, 0.3) is 5.56 Å². The third kappa shape index (κ3) is 1.87. The van der Waals surface area contributed by atoms with Gasteiger partial charge in [-0.1, -0.05) is 0 Å². The summed E-state index contributed by atoms with van der Waals surface area (Å²) < 4.78 is 6.03. The lowest BCUT2D eigenvalue weighted by Gasteiger charge is -2.07. The first-order chi connectivity index (χ1) is 8.13. The predicted octanol–water partition coefficient (Wildman–Crippen LogP) is 0.158. The molecule has 0 amide bonds. The van der Waals surface area contributed by atoms with E-state index in [1.54, 1.807) is 12.1 Å². The molecule has 0 aliphatic rings. The molecule has 3 N–H and O–H groups in total. The van der Waals surface area contributed by atoms with Crippen molar-refractivity contribution in [2.24, 2.45) is 5.18 Å². The molecule has 0 atom stereocenters. The summed E-state index contributed by atoms with van der Waals surface area (Å²) in [5, 5.41) is 2.49. The van der Waals surface area contributed by atoms with Gasteiger partial charge >= 0.3 is 5.69 Å². The maximum atomic E-state index is 11.5. The van der Waals surface area contributed by atoms with Crippen molar-refractivity contribution in [2.45, 2.75) is 6.54 Å². The molecule has 8 nitrogen and oxygen atoms in total. The lowest BCUT2D eigenvalue weighted by molar-refractivity contribution is 0.489. The molecule has 2 rings (SSSR count). The SMILES string of the molecule is Nc1c(N=O)c(=O)[nH]c(=O)n1Cc1ccco1. The number of H-pyrrole nitrogens is 1. The number of nitroso groups, excluding NO2 is 1. The molecule has 0 radical (unpaired) electrons. The Kier molecular flexibility index (Phi) is 2.61. The summed E-state index contributed by atoms with van der Waals surface area (Å²) in [5.74, 6) is 0.174. The number of furan rings is 1. The van der Waals surface area contributed by atoms with Gasteiger partial charge in [-0.3, -0.25) is 14.3 Å². The van der Waals surface area contributed by atoms with Crippen molar-refractivity contribution in [2.75, 3.05) is 5.73 Å². The van der Waals surface area contributed by atoms with Gasteiger partial charge in [-0.25, -0.2) is 4.79 Å². The number of nitrogens with two attached hydrogens (primary N) is 1. The highest BCUT2D eigenvalue weighted by Gasteiger charge is 2.13. The van der Waals surface area contributed by atoms with Gasteiger partial charge in [0.1, 0.15) is 11.6 Å². The Bertz CT molecular complexity index is 653. The van der Waals surface area contributed by atoms with E-state index in [0.29, 0.717) is 5.76 Å².